The van der Waals surface area contributed by atoms with Gasteiger partial charge in [0.1, 0.15) is 73.2 Å². The Bertz CT molecular complexity index is 2280. The maximum atomic E-state index is 13.5. The molecule has 628 valence electrons. The Kier molecular flexibility index (Phi) is 62.8. The Balaban J connectivity index is 1.30. The molecule has 3 aliphatic rings. The number of nitrogens with one attached hydrogen (secondary N) is 1. The van der Waals surface area contributed by atoms with Gasteiger partial charge in [-0.1, -0.05) is 336 Å². The first-order valence-electron chi connectivity index (χ1n) is 43.8. The quantitative estimate of drug-likeness (QED) is 0.0199. The Labute approximate surface area is 654 Å². The second-order valence-electron chi connectivity index (χ2n) is 31.0. The predicted octanol–water partition coefficient (Wildman–Crippen LogP) is 16.1. The van der Waals surface area contributed by atoms with Gasteiger partial charge >= 0.3 is 0 Å². The zero-order chi connectivity index (χ0) is 78.1. The fraction of sp³-hybridized carbons (Fsp3) is 0.831. The van der Waals surface area contributed by atoms with E-state index in [1.54, 1.807) is 6.08 Å². The van der Waals surface area contributed by atoms with Crippen molar-refractivity contribution in [1.29, 1.82) is 0 Å². The van der Waals surface area contributed by atoms with Gasteiger partial charge in [0.05, 0.1) is 38.6 Å². The summed E-state index contributed by atoms with van der Waals surface area (Å²) in [4.78, 5) is 13.5. The van der Waals surface area contributed by atoms with E-state index in [2.05, 4.69) is 92.1 Å². The molecule has 0 saturated carbocycles. The minimum atomic E-state index is -1.98. The summed E-state index contributed by atoms with van der Waals surface area (Å²) in [5.74, 6) is -0.285. The highest BCUT2D eigenvalue weighted by Crippen LogP contribution is 2.33. The van der Waals surface area contributed by atoms with Crippen LogP contribution in [0.4, 0.5) is 0 Å². The first-order valence-corrected chi connectivity index (χ1v) is 43.8. The molecule has 1 amide bonds. The van der Waals surface area contributed by atoms with Crippen LogP contribution in [0.15, 0.2) is 85.1 Å². The number of aliphatic hydroxyl groups excluding tert-OH is 11. The van der Waals surface area contributed by atoms with E-state index in [0.29, 0.717) is 12.8 Å². The number of hydrogen-bond acceptors (Lipinski definition) is 18. The van der Waals surface area contributed by atoms with Crippen LogP contribution in [0.3, 0.4) is 0 Å². The lowest BCUT2D eigenvalue weighted by atomic mass is 9.96. The summed E-state index contributed by atoms with van der Waals surface area (Å²) < 4.78 is 34.5. The average molecular weight is 1530 g/mol. The maximum absolute atomic E-state index is 13.5. The van der Waals surface area contributed by atoms with Gasteiger partial charge in [0.2, 0.25) is 5.91 Å². The van der Waals surface area contributed by atoms with Gasteiger partial charge < -0.3 is 89.9 Å². The van der Waals surface area contributed by atoms with Gasteiger partial charge in [0, 0.05) is 6.42 Å². The summed E-state index contributed by atoms with van der Waals surface area (Å²) in [6, 6.07) is -0.999. The van der Waals surface area contributed by atoms with Gasteiger partial charge in [-0.15, -0.1) is 0 Å². The number of aliphatic hydroxyl groups is 11. The van der Waals surface area contributed by atoms with Crippen LogP contribution < -0.4 is 5.32 Å². The third-order valence-electron chi connectivity index (χ3n) is 21.4. The summed E-state index contributed by atoms with van der Waals surface area (Å²) in [5.41, 5.74) is 0. The van der Waals surface area contributed by atoms with Crippen LogP contribution in [0.1, 0.15) is 341 Å². The van der Waals surface area contributed by atoms with Gasteiger partial charge in [-0.05, 0) is 83.5 Å². The topological polar surface area (TPSA) is 307 Å². The van der Waals surface area contributed by atoms with Gasteiger partial charge in [-0.25, -0.2) is 0 Å². The van der Waals surface area contributed by atoms with E-state index in [1.165, 1.54) is 238 Å². The molecule has 0 aromatic rings. The third-order valence-corrected chi connectivity index (χ3v) is 21.4. The van der Waals surface area contributed by atoms with E-state index in [9.17, 15) is 61.0 Å². The second kappa shape index (κ2) is 68.4. The van der Waals surface area contributed by atoms with Gasteiger partial charge in [-0.3, -0.25) is 4.79 Å². The fourth-order valence-corrected chi connectivity index (χ4v) is 14.5. The zero-order valence-electron chi connectivity index (χ0n) is 67.6. The number of allylic oxidation sites excluding steroid dienone is 13. The van der Waals surface area contributed by atoms with E-state index in [1.807, 2.05) is 6.08 Å². The Hall–Kier alpha value is -3.03. The molecule has 0 radical (unpaired) electrons. The lowest BCUT2D eigenvalue weighted by Gasteiger charge is -2.48. The molecule has 0 aromatic heterocycles. The van der Waals surface area contributed by atoms with Crippen LogP contribution in [0.5, 0.6) is 0 Å². The van der Waals surface area contributed by atoms with Crippen molar-refractivity contribution in [2.75, 3.05) is 26.4 Å². The molecule has 17 atom stereocenters. The van der Waals surface area contributed by atoms with Crippen LogP contribution in [-0.2, 0) is 33.2 Å². The van der Waals surface area contributed by atoms with Gasteiger partial charge in [0.15, 0.2) is 18.9 Å². The van der Waals surface area contributed by atoms with E-state index < -0.39 is 124 Å². The molecule has 3 aliphatic heterocycles. The minimum absolute atomic E-state index is 0.233. The van der Waals surface area contributed by atoms with Crippen LogP contribution in [0.25, 0.3) is 0 Å². The molecule has 0 spiro atoms. The van der Waals surface area contributed by atoms with Crippen molar-refractivity contribution in [2.45, 2.75) is 446 Å². The number of rotatable bonds is 70. The third kappa shape index (κ3) is 47.0. The standard InChI is InChI=1S/C89H159NO18/c1-3-5-7-9-11-13-15-17-19-21-23-25-27-28-29-30-31-32-33-34-35-36-37-38-39-40-41-42-43-44-45-47-49-51-53-55-57-59-61-63-65-67-77(95)90-72(73(94)66-64-62-60-58-56-54-52-50-48-46-26-24-22-20-18-16-14-12-10-8-6-4-2)71-103-87-83(101)80(98)85(75(69-92)105-87)108-89-84(102)81(99)86(76(70-93)106-89)107-88-82(100)79(97)78(96)74(68-91)104-88/h5,7,11,13,17,19,23,25,48,50,56,58,64,66,72-76,78-89,91-94,96-102H,3-4,6,8-10,12,14-16,18,20-22,24,26-47,49,51-55,57,59-63,65,67-71H2,1-2H3,(H,90,95)/b7-5-,13-11-,19-17-,25-23-,50-48+,58-56+,66-64+. The lowest BCUT2D eigenvalue weighted by molar-refractivity contribution is -0.379. The molecular weight excluding hydrogens is 1370 g/mol. The van der Waals surface area contributed by atoms with E-state index in [-0.39, 0.29) is 18.9 Å². The summed E-state index contributed by atoms with van der Waals surface area (Å²) in [6.45, 7) is 1.63. The van der Waals surface area contributed by atoms with Crippen molar-refractivity contribution in [3.05, 3.63) is 85.1 Å². The van der Waals surface area contributed by atoms with Gasteiger partial charge in [0.25, 0.3) is 0 Å². The summed E-state index contributed by atoms with van der Waals surface area (Å²) in [5, 5.41) is 121. The number of amides is 1. The molecular formula is C89H159NO18. The molecule has 3 rings (SSSR count). The van der Waals surface area contributed by atoms with Crippen LogP contribution in [-0.4, -0.2) is 193 Å². The molecule has 0 aromatic carbocycles. The van der Waals surface area contributed by atoms with Crippen LogP contribution in [0, 0.1) is 0 Å². The normalized spacial score (nSPS) is 25.8. The van der Waals surface area contributed by atoms with E-state index in [0.717, 1.165) is 70.6 Å². The summed E-state index contributed by atoms with van der Waals surface area (Å²) >= 11 is 0. The molecule has 19 nitrogen and oxygen atoms in total. The first kappa shape index (κ1) is 99.2. The molecule has 19 heteroatoms. The maximum Gasteiger partial charge on any atom is 0.220 e. The molecule has 108 heavy (non-hydrogen) atoms. The summed E-state index contributed by atoms with van der Waals surface area (Å²) in [6.07, 6.45) is 66.1. The number of ether oxygens (including phenoxy) is 6. The predicted molar refractivity (Wildman–Crippen MR) is 434 cm³/mol. The average Bonchev–Trinajstić information content (AvgIpc) is 0.787. The highest BCUT2D eigenvalue weighted by atomic mass is 16.8. The van der Waals surface area contributed by atoms with Crippen molar-refractivity contribution < 1.29 is 89.4 Å². The van der Waals surface area contributed by atoms with Crippen LogP contribution in [0.2, 0.25) is 0 Å². The minimum Gasteiger partial charge on any atom is -0.394 e. The fourth-order valence-electron chi connectivity index (χ4n) is 14.5. The van der Waals surface area contributed by atoms with E-state index in [4.69, 9.17) is 28.4 Å². The van der Waals surface area contributed by atoms with Crippen LogP contribution >= 0.6 is 0 Å². The zero-order valence-corrected chi connectivity index (χ0v) is 67.6. The molecule has 3 saturated heterocycles. The molecule has 0 aliphatic carbocycles. The highest BCUT2D eigenvalue weighted by molar-refractivity contribution is 5.76. The molecule has 17 unspecified atom stereocenters. The Morgan fingerprint density at radius 2 is 0.648 bits per heavy atom. The first-order chi connectivity index (χ1) is 52.8. The van der Waals surface area contributed by atoms with Crippen molar-refractivity contribution in [1.82, 2.24) is 5.32 Å². The van der Waals surface area contributed by atoms with Gasteiger partial charge in [-0.2, -0.15) is 0 Å². The molecule has 3 heterocycles. The smallest absolute Gasteiger partial charge is 0.220 e. The number of carbonyl (C=O) groups excluding carboxylic acids is 1. The van der Waals surface area contributed by atoms with Crippen molar-refractivity contribution in [3.63, 3.8) is 0 Å². The van der Waals surface area contributed by atoms with Crippen molar-refractivity contribution in [3.8, 4) is 0 Å². The number of unbranched alkanes of at least 4 members (excludes halogenated alkanes) is 42. The van der Waals surface area contributed by atoms with Crippen molar-refractivity contribution >= 4 is 5.91 Å². The number of carbonyl (C=O) groups is 1. The Morgan fingerprint density at radius 1 is 0.343 bits per heavy atom. The lowest BCUT2D eigenvalue weighted by Crippen LogP contribution is -2.66. The molecule has 3 fully saturated rings. The van der Waals surface area contributed by atoms with Crippen molar-refractivity contribution in [2.24, 2.45) is 0 Å². The number of hydrogen-bond donors (Lipinski definition) is 12. The Morgan fingerprint density at radius 3 is 1.04 bits per heavy atom. The van der Waals surface area contributed by atoms with E-state index >= 15 is 0 Å². The monoisotopic (exact) mass is 1530 g/mol. The highest BCUT2D eigenvalue weighted by Gasteiger charge is 2.54. The molecule has 0 bridgehead atoms. The largest absolute Gasteiger partial charge is 0.394 e. The molecule has 12 N–H and O–H groups in total. The summed E-state index contributed by atoms with van der Waals surface area (Å²) in [7, 11) is 0. The SMILES string of the molecule is CC/C=C\C/C=C\C/C=C\C/C=C\CCCCCCCCCCCCCCCCCCCCCCCCCCCCCCC(=O)NC(COC1OC(CO)C(OC2OC(CO)C(OC3OC(CO)C(O)C(O)C3O)C(O)C2O)C(O)C1O)C(O)/C=C/CC/C=C/CC/C=C/CCCCCCCCCCCCCC. The second-order valence-corrected chi connectivity index (χ2v) is 31.0.